The molecule has 2 aliphatic rings. The molecule has 1 unspecified atom stereocenters. The van der Waals surface area contributed by atoms with Gasteiger partial charge in [0.25, 0.3) is 0 Å². The van der Waals surface area contributed by atoms with Gasteiger partial charge in [-0.05, 0) is 49.9 Å². The third kappa shape index (κ3) is 4.93. The summed E-state index contributed by atoms with van der Waals surface area (Å²) in [6, 6.07) is 14.0. The fourth-order valence-corrected chi connectivity index (χ4v) is 4.11. The normalized spacial score (nSPS) is 27.6. The molecule has 0 saturated heterocycles. The van der Waals surface area contributed by atoms with Crippen LogP contribution in [0.5, 0.6) is 0 Å². The van der Waals surface area contributed by atoms with Crippen LogP contribution in [0.25, 0.3) is 5.57 Å². The van der Waals surface area contributed by atoms with Gasteiger partial charge < -0.3 is 15.4 Å². The van der Waals surface area contributed by atoms with Crippen LogP contribution >= 0.6 is 12.4 Å². The number of nitrogens with one attached hydrogen (secondary N) is 2. The second kappa shape index (κ2) is 9.94. The maximum absolute atomic E-state index is 10.1. The Kier molecular flexibility index (Phi) is 7.91. The predicted molar refractivity (Wildman–Crippen MR) is 113 cm³/mol. The third-order valence-corrected chi connectivity index (χ3v) is 5.81. The molecule has 0 bridgehead atoms. The van der Waals surface area contributed by atoms with Gasteiger partial charge in [-0.1, -0.05) is 36.4 Å². The molecule has 0 spiro atoms. The average molecular weight is 388 g/mol. The molecule has 2 N–H and O–H groups in total. The van der Waals surface area contributed by atoms with Crippen molar-refractivity contribution < 1.29 is 4.74 Å². The summed E-state index contributed by atoms with van der Waals surface area (Å²) < 4.78 is 5.60. The minimum atomic E-state index is -0.644. The Morgan fingerprint density at radius 1 is 1.11 bits per heavy atom. The first-order valence-corrected chi connectivity index (χ1v) is 9.53. The lowest BCUT2D eigenvalue weighted by Crippen LogP contribution is -2.44. The number of benzene rings is 1. The number of hydrogen-bond acceptors (Lipinski definition) is 4. The molecule has 0 amide bonds. The minimum Gasteiger partial charge on any atom is -0.499 e. The van der Waals surface area contributed by atoms with Crippen molar-refractivity contribution >= 4 is 18.0 Å². The highest BCUT2D eigenvalue weighted by Crippen LogP contribution is 2.41. The summed E-state index contributed by atoms with van der Waals surface area (Å²) in [6.07, 6.45) is 9.41. The Morgan fingerprint density at radius 2 is 1.78 bits per heavy atom. The van der Waals surface area contributed by atoms with Crippen molar-refractivity contribution in [1.82, 2.24) is 10.6 Å². The first-order valence-electron chi connectivity index (χ1n) is 9.53. The Morgan fingerprint density at radius 3 is 2.37 bits per heavy atom. The van der Waals surface area contributed by atoms with Gasteiger partial charge in [-0.25, -0.2) is 0 Å². The summed E-state index contributed by atoms with van der Waals surface area (Å²) in [5.41, 5.74) is 1.72. The van der Waals surface area contributed by atoms with Crippen molar-refractivity contribution in [2.75, 3.05) is 20.7 Å². The molecule has 0 aliphatic heterocycles. The van der Waals surface area contributed by atoms with Gasteiger partial charge in [0, 0.05) is 25.0 Å². The lowest BCUT2D eigenvalue weighted by molar-refractivity contribution is 0.193. The van der Waals surface area contributed by atoms with Crippen molar-refractivity contribution in [2.24, 2.45) is 5.41 Å². The Labute approximate surface area is 169 Å². The maximum Gasteiger partial charge on any atom is 0.131 e. The average Bonchev–Trinajstić information content (AvgIpc) is 2.73. The van der Waals surface area contributed by atoms with Crippen LogP contribution in [0, 0.1) is 16.7 Å². The summed E-state index contributed by atoms with van der Waals surface area (Å²) in [5, 5.41) is 17.1. The van der Waals surface area contributed by atoms with Crippen molar-refractivity contribution in [3.05, 3.63) is 53.8 Å². The van der Waals surface area contributed by atoms with Crippen LogP contribution in [-0.2, 0) is 4.74 Å². The quantitative estimate of drug-likeness (QED) is 0.772. The summed E-state index contributed by atoms with van der Waals surface area (Å²) in [4.78, 5) is 0. The molecule has 27 heavy (non-hydrogen) atoms. The zero-order valence-electron chi connectivity index (χ0n) is 16.2. The summed E-state index contributed by atoms with van der Waals surface area (Å²) in [5.74, 6) is 0.760. The zero-order valence-corrected chi connectivity index (χ0v) is 17.0. The lowest BCUT2D eigenvalue weighted by Gasteiger charge is -2.35. The van der Waals surface area contributed by atoms with E-state index in [4.69, 9.17) is 4.74 Å². The van der Waals surface area contributed by atoms with E-state index < -0.39 is 5.41 Å². The maximum atomic E-state index is 10.1. The van der Waals surface area contributed by atoms with Gasteiger partial charge in [-0.3, -0.25) is 0 Å². The zero-order chi connectivity index (χ0) is 18.4. The molecule has 1 aromatic carbocycles. The summed E-state index contributed by atoms with van der Waals surface area (Å²) in [7, 11) is 3.70. The van der Waals surface area contributed by atoms with Crippen molar-refractivity contribution in [1.29, 1.82) is 5.26 Å². The summed E-state index contributed by atoms with van der Waals surface area (Å²) >= 11 is 0. The second-order valence-electron chi connectivity index (χ2n) is 7.38. The van der Waals surface area contributed by atoms with E-state index in [0.29, 0.717) is 25.0 Å². The third-order valence-electron chi connectivity index (χ3n) is 5.81. The number of methoxy groups -OCH3 is 1. The van der Waals surface area contributed by atoms with Gasteiger partial charge in [0.1, 0.15) is 11.2 Å². The van der Waals surface area contributed by atoms with Crippen molar-refractivity contribution in [3.8, 4) is 6.07 Å². The molecule has 1 fully saturated rings. The van der Waals surface area contributed by atoms with E-state index >= 15 is 0 Å². The van der Waals surface area contributed by atoms with E-state index in [9.17, 15) is 5.26 Å². The van der Waals surface area contributed by atoms with Gasteiger partial charge in [0.2, 0.25) is 0 Å². The number of halogens is 1. The van der Waals surface area contributed by atoms with Gasteiger partial charge >= 0.3 is 0 Å². The molecule has 3 rings (SSSR count). The van der Waals surface area contributed by atoms with Crippen molar-refractivity contribution in [2.45, 2.75) is 44.2 Å². The standard InChI is InChI=1S/C22H29N3O.ClH/c1-24-19-9-11-20(12-10-19)25-16-22(15-23)14-18(8-13-21(22)26-2)17-6-4-3-5-7-17;/h3-8,13,19-20,24-25H,9-12,14,16H2,1-2H3;1H. The first-order chi connectivity index (χ1) is 12.7. The molecule has 0 radical (unpaired) electrons. The molecular weight excluding hydrogens is 358 g/mol. The van der Waals surface area contributed by atoms with E-state index in [2.05, 4.69) is 34.9 Å². The van der Waals surface area contributed by atoms with Gasteiger partial charge in [0.15, 0.2) is 0 Å². The van der Waals surface area contributed by atoms with Crippen LogP contribution in [0.1, 0.15) is 37.7 Å². The van der Waals surface area contributed by atoms with Crippen LogP contribution in [-0.4, -0.2) is 32.8 Å². The molecule has 146 valence electrons. The van der Waals surface area contributed by atoms with E-state index in [1.165, 1.54) is 24.0 Å². The van der Waals surface area contributed by atoms with Gasteiger partial charge in [-0.15, -0.1) is 12.4 Å². The monoisotopic (exact) mass is 387 g/mol. The van der Waals surface area contributed by atoms with Gasteiger partial charge in [0.05, 0.1) is 13.2 Å². The van der Waals surface area contributed by atoms with Crippen LogP contribution in [0.3, 0.4) is 0 Å². The molecule has 2 aliphatic carbocycles. The highest BCUT2D eigenvalue weighted by Gasteiger charge is 2.39. The Bertz CT molecular complexity index is 702. The topological polar surface area (TPSA) is 57.1 Å². The van der Waals surface area contributed by atoms with E-state index in [0.717, 1.165) is 18.6 Å². The number of hydrogen-bond donors (Lipinski definition) is 2. The lowest BCUT2D eigenvalue weighted by atomic mass is 9.75. The predicted octanol–water partition coefficient (Wildman–Crippen LogP) is 4.06. The second-order valence-corrected chi connectivity index (χ2v) is 7.38. The largest absolute Gasteiger partial charge is 0.499 e. The Balaban J connectivity index is 0.00000261. The van der Waals surface area contributed by atoms with Crippen molar-refractivity contribution in [3.63, 3.8) is 0 Å². The Hall–Kier alpha value is -1.80. The highest BCUT2D eigenvalue weighted by molar-refractivity contribution is 5.85. The fraction of sp³-hybridized carbons (Fsp3) is 0.500. The molecule has 5 heteroatoms. The smallest absolute Gasteiger partial charge is 0.131 e. The number of nitriles is 1. The molecule has 0 aromatic heterocycles. The fourth-order valence-electron chi connectivity index (χ4n) is 4.11. The minimum absolute atomic E-state index is 0. The van der Waals surface area contributed by atoms with E-state index in [1.807, 2.05) is 31.3 Å². The molecule has 1 atom stereocenters. The van der Waals surface area contributed by atoms with E-state index in [1.54, 1.807) is 7.11 Å². The van der Waals surface area contributed by atoms with Crippen LogP contribution in [0.2, 0.25) is 0 Å². The number of rotatable bonds is 6. The molecule has 1 saturated carbocycles. The summed E-state index contributed by atoms with van der Waals surface area (Å²) in [6.45, 7) is 0.627. The van der Waals surface area contributed by atoms with Crippen LogP contribution < -0.4 is 10.6 Å². The van der Waals surface area contributed by atoms with Crippen LogP contribution in [0.4, 0.5) is 0 Å². The number of nitrogens with zero attached hydrogens (tertiary/aromatic N) is 1. The van der Waals surface area contributed by atoms with E-state index in [-0.39, 0.29) is 12.4 Å². The van der Waals surface area contributed by atoms with Crippen LogP contribution in [0.15, 0.2) is 48.2 Å². The molecular formula is C22H30ClN3O. The SMILES string of the molecule is CNC1CCC(NCC2(C#N)CC(c3ccccc3)=CC=C2OC)CC1.Cl. The number of allylic oxidation sites excluding steroid dienone is 3. The first kappa shape index (κ1) is 21.5. The number of ether oxygens (including phenoxy) is 1. The molecule has 4 nitrogen and oxygen atoms in total. The highest BCUT2D eigenvalue weighted by atomic mass is 35.5. The molecule has 1 aromatic rings. The van der Waals surface area contributed by atoms with Gasteiger partial charge in [-0.2, -0.15) is 5.26 Å². The molecule has 0 heterocycles.